The van der Waals surface area contributed by atoms with Crippen LogP contribution in [0.25, 0.3) is 0 Å². The van der Waals surface area contributed by atoms with Crippen molar-refractivity contribution in [3.05, 3.63) is 0 Å². The van der Waals surface area contributed by atoms with Gasteiger partial charge in [0.25, 0.3) is 0 Å². The first-order valence-corrected chi connectivity index (χ1v) is 7.61. The summed E-state index contributed by atoms with van der Waals surface area (Å²) in [5.41, 5.74) is 0. The van der Waals surface area contributed by atoms with Crippen LogP contribution in [0.5, 0.6) is 0 Å². The molecule has 2 aliphatic rings. The number of likely N-dealkylation sites (tertiary alicyclic amines) is 2. The minimum atomic E-state index is -0.171. The zero-order valence-corrected chi connectivity index (χ0v) is 12.4. The fourth-order valence-corrected chi connectivity index (χ4v) is 2.95. The van der Waals surface area contributed by atoms with Crippen molar-refractivity contribution in [2.45, 2.75) is 46.0 Å². The predicted molar refractivity (Wildman–Crippen MR) is 74.7 cm³/mol. The molecule has 0 saturated carbocycles. The van der Waals surface area contributed by atoms with E-state index in [0.29, 0.717) is 25.3 Å². The van der Waals surface area contributed by atoms with Gasteiger partial charge in [-0.1, -0.05) is 13.8 Å². The van der Waals surface area contributed by atoms with E-state index in [9.17, 15) is 14.4 Å². The Kier molecular flexibility index (Phi) is 4.78. The van der Waals surface area contributed by atoms with Crippen molar-refractivity contribution < 1.29 is 14.4 Å². The summed E-state index contributed by atoms with van der Waals surface area (Å²) in [5, 5.41) is 0. The third-order valence-corrected chi connectivity index (χ3v) is 4.27. The second kappa shape index (κ2) is 6.37. The Bertz CT molecular complexity index is 408. The van der Waals surface area contributed by atoms with Crippen molar-refractivity contribution >= 4 is 17.7 Å². The van der Waals surface area contributed by atoms with Crippen LogP contribution >= 0.6 is 0 Å². The van der Waals surface area contributed by atoms with E-state index in [1.54, 1.807) is 6.92 Å². The smallest absolute Gasteiger partial charge is 0.232 e. The molecule has 0 aromatic rings. The zero-order chi connectivity index (χ0) is 14.7. The van der Waals surface area contributed by atoms with E-state index in [2.05, 4.69) is 6.92 Å². The fourth-order valence-electron chi connectivity index (χ4n) is 2.95. The normalized spacial score (nSPS) is 26.7. The highest BCUT2D eigenvalue weighted by Crippen LogP contribution is 2.20. The lowest BCUT2D eigenvalue weighted by Gasteiger charge is -2.17. The van der Waals surface area contributed by atoms with Crippen LogP contribution in [-0.2, 0) is 14.4 Å². The molecule has 2 unspecified atom stereocenters. The number of unbranched alkanes of at least 4 members (excludes halogenated alkanes) is 1. The van der Waals surface area contributed by atoms with Gasteiger partial charge in [-0.05, 0) is 25.2 Å². The molecule has 2 fully saturated rings. The SMILES string of the molecule is CC1CCN(C(=O)CCCCN2C(=O)CC(C)C2=O)C1. The van der Waals surface area contributed by atoms with Crippen LogP contribution in [0.2, 0.25) is 0 Å². The van der Waals surface area contributed by atoms with Gasteiger partial charge in [-0.2, -0.15) is 0 Å². The number of nitrogens with zero attached hydrogens (tertiary/aromatic N) is 2. The second-order valence-electron chi connectivity index (χ2n) is 6.18. The highest BCUT2D eigenvalue weighted by Gasteiger charge is 2.34. The summed E-state index contributed by atoms with van der Waals surface area (Å²) >= 11 is 0. The zero-order valence-electron chi connectivity index (χ0n) is 12.4. The van der Waals surface area contributed by atoms with Crippen LogP contribution in [0.4, 0.5) is 0 Å². The Labute approximate surface area is 120 Å². The summed E-state index contributed by atoms with van der Waals surface area (Å²) < 4.78 is 0. The van der Waals surface area contributed by atoms with Gasteiger partial charge in [0, 0.05) is 38.4 Å². The molecule has 0 aliphatic carbocycles. The summed E-state index contributed by atoms with van der Waals surface area (Å²) in [4.78, 5) is 38.5. The molecule has 3 amide bonds. The van der Waals surface area contributed by atoms with Crippen molar-refractivity contribution in [3.8, 4) is 0 Å². The molecule has 2 heterocycles. The van der Waals surface area contributed by atoms with E-state index in [0.717, 1.165) is 32.4 Å². The molecule has 0 radical (unpaired) electrons. The maximum Gasteiger partial charge on any atom is 0.232 e. The molecule has 2 aliphatic heterocycles. The molecule has 5 nitrogen and oxygen atoms in total. The number of hydrogen-bond donors (Lipinski definition) is 0. The Balaban J connectivity index is 1.65. The van der Waals surface area contributed by atoms with Crippen LogP contribution < -0.4 is 0 Å². The van der Waals surface area contributed by atoms with E-state index < -0.39 is 0 Å². The molecular formula is C15H24N2O3. The molecule has 112 valence electrons. The van der Waals surface area contributed by atoms with Crippen LogP contribution in [0.1, 0.15) is 46.0 Å². The van der Waals surface area contributed by atoms with E-state index in [1.807, 2.05) is 4.90 Å². The topological polar surface area (TPSA) is 57.7 Å². The third kappa shape index (κ3) is 3.38. The summed E-state index contributed by atoms with van der Waals surface area (Å²) in [5.74, 6) is 0.522. The van der Waals surface area contributed by atoms with Crippen LogP contribution in [0, 0.1) is 11.8 Å². The average molecular weight is 280 g/mol. The summed E-state index contributed by atoms with van der Waals surface area (Å²) in [6.07, 6.45) is 3.43. The van der Waals surface area contributed by atoms with Crippen LogP contribution in [-0.4, -0.2) is 47.2 Å². The van der Waals surface area contributed by atoms with Gasteiger partial charge in [0.05, 0.1) is 0 Å². The van der Waals surface area contributed by atoms with Crippen LogP contribution in [0.3, 0.4) is 0 Å². The maximum absolute atomic E-state index is 11.9. The van der Waals surface area contributed by atoms with Crippen molar-refractivity contribution in [2.75, 3.05) is 19.6 Å². The molecule has 0 aromatic carbocycles. The number of carbonyl (C=O) groups excluding carboxylic acids is 3. The maximum atomic E-state index is 11.9. The number of carbonyl (C=O) groups is 3. The molecular weight excluding hydrogens is 256 g/mol. The number of hydrogen-bond acceptors (Lipinski definition) is 3. The molecule has 0 N–H and O–H groups in total. The number of amides is 3. The third-order valence-electron chi connectivity index (χ3n) is 4.27. The van der Waals surface area contributed by atoms with Gasteiger partial charge in [0.2, 0.25) is 17.7 Å². The van der Waals surface area contributed by atoms with Gasteiger partial charge >= 0.3 is 0 Å². The molecule has 0 bridgehead atoms. The summed E-state index contributed by atoms with van der Waals surface area (Å²) in [7, 11) is 0. The van der Waals surface area contributed by atoms with Crippen molar-refractivity contribution in [1.82, 2.24) is 9.80 Å². The lowest BCUT2D eigenvalue weighted by Crippen LogP contribution is -2.32. The Morgan fingerprint density at radius 2 is 2.00 bits per heavy atom. The van der Waals surface area contributed by atoms with E-state index in [4.69, 9.17) is 0 Å². The lowest BCUT2D eigenvalue weighted by molar-refractivity contribution is -0.139. The lowest BCUT2D eigenvalue weighted by atomic mass is 10.1. The molecule has 2 saturated heterocycles. The van der Waals surface area contributed by atoms with Gasteiger partial charge < -0.3 is 4.90 Å². The Morgan fingerprint density at radius 1 is 1.25 bits per heavy atom. The van der Waals surface area contributed by atoms with Crippen molar-refractivity contribution in [1.29, 1.82) is 0 Å². The number of rotatable bonds is 5. The van der Waals surface area contributed by atoms with Crippen molar-refractivity contribution in [3.63, 3.8) is 0 Å². The summed E-state index contributed by atoms with van der Waals surface area (Å²) in [6, 6.07) is 0. The van der Waals surface area contributed by atoms with Crippen molar-refractivity contribution in [2.24, 2.45) is 11.8 Å². The van der Waals surface area contributed by atoms with Gasteiger partial charge in [0.1, 0.15) is 0 Å². The fraction of sp³-hybridized carbons (Fsp3) is 0.800. The number of imide groups is 1. The average Bonchev–Trinajstić information content (AvgIpc) is 2.92. The monoisotopic (exact) mass is 280 g/mol. The van der Waals surface area contributed by atoms with Crippen LogP contribution in [0.15, 0.2) is 0 Å². The minimum Gasteiger partial charge on any atom is -0.342 e. The molecule has 0 spiro atoms. The highest BCUT2D eigenvalue weighted by molar-refractivity contribution is 6.03. The van der Waals surface area contributed by atoms with Gasteiger partial charge in [0.15, 0.2) is 0 Å². The quantitative estimate of drug-likeness (QED) is 0.565. The van der Waals surface area contributed by atoms with Gasteiger partial charge in [-0.25, -0.2) is 0 Å². The predicted octanol–water partition coefficient (Wildman–Crippen LogP) is 1.42. The Morgan fingerprint density at radius 3 is 2.55 bits per heavy atom. The first kappa shape index (κ1) is 15.0. The highest BCUT2D eigenvalue weighted by atomic mass is 16.2. The van der Waals surface area contributed by atoms with E-state index in [1.165, 1.54) is 4.90 Å². The standard InChI is InChI=1S/C15H24N2O3/c1-11-6-8-16(10-11)13(18)5-3-4-7-17-14(19)9-12(2)15(17)20/h11-12H,3-10H2,1-2H3. The largest absolute Gasteiger partial charge is 0.342 e. The first-order chi connectivity index (χ1) is 9.49. The van der Waals surface area contributed by atoms with E-state index in [-0.39, 0.29) is 23.6 Å². The molecule has 0 aromatic heterocycles. The Hall–Kier alpha value is -1.39. The summed E-state index contributed by atoms with van der Waals surface area (Å²) in [6.45, 7) is 6.17. The molecule has 20 heavy (non-hydrogen) atoms. The minimum absolute atomic E-state index is 0.0605. The molecule has 2 rings (SSSR count). The second-order valence-corrected chi connectivity index (χ2v) is 6.18. The van der Waals surface area contributed by atoms with Gasteiger partial charge in [-0.15, -0.1) is 0 Å². The first-order valence-electron chi connectivity index (χ1n) is 7.61. The van der Waals surface area contributed by atoms with Gasteiger partial charge in [-0.3, -0.25) is 19.3 Å². The molecule has 2 atom stereocenters. The van der Waals surface area contributed by atoms with E-state index >= 15 is 0 Å². The molecule has 5 heteroatoms.